The summed E-state index contributed by atoms with van der Waals surface area (Å²) >= 11 is 5.11. The molecule has 1 N–H and O–H groups in total. The Labute approximate surface area is 98.2 Å². The van der Waals surface area contributed by atoms with Crippen LogP contribution in [0.4, 0.5) is 0 Å². The van der Waals surface area contributed by atoms with Gasteiger partial charge < -0.3 is 4.57 Å². The Bertz CT molecular complexity index is 603. The summed E-state index contributed by atoms with van der Waals surface area (Å²) in [7, 11) is 0. The molecule has 2 aromatic rings. The molecule has 1 aromatic heterocycles. The summed E-state index contributed by atoms with van der Waals surface area (Å²) < 4.78 is 2.49. The number of hydrogen-bond acceptors (Lipinski definition) is 3. The van der Waals surface area contributed by atoms with Crippen molar-refractivity contribution in [1.82, 2.24) is 14.8 Å². The quantitative estimate of drug-likeness (QED) is 0.806. The fraction of sp³-hybridized carbons (Fsp3) is 0.182. The van der Waals surface area contributed by atoms with Crippen LogP contribution in [0.1, 0.15) is 12.5 Å². The minimum atomic E-state index is 0.597. The van der Waals surface area contributed by atoms with E-state index in [0.29, 0.717) is 10.3 Å². The summed E-state index contributed by atoms with van der Waals surface area (Å²) in [6.45, 7) is 2.75. The zero-order valence-corrected chi connectivity index (χ0v) is 9.58. The minimum Gasteiger partial charge on any atom is -0.300 e. The van der Waals surface area contributed by atoms with Gasteiger partial charge in [0.1, 0.15) is 0 Å². The summed E-state index contributed by atoms with van der Waals surface area (Å²) in [4.78, 5) is 0. The topological polar surface area (TPSA) is 57.4 Å². The van der Waals surface area contributed by atoms with Crippen LogP contribution in [0, 0.1) is 16.1 Å². The summed E-state index contributed by atoms with van der Waals surface area (Å²) in [6.07, 6.45) is 0. The van der Waals surface area contributed by atoms with Crippen LogP contribution in [0.2, 0.25) is 0 Å². The van der Waals surface area contributed by atoms with Crippen LogP contribution < -0.4 is 0 Å². The Hall–Kier alpha value is -1.93. The van der Waals surface area contributed by atoms with E-state index in [1.165, 1.54) is 0 Å². The number of benzene rings is 1. The number of aromatic nitrogens is 3. The van der Waals surface area contributed by atoms with Gasteiger partial charge in [-0.2, -0.15) is 10.4 Å². The Morgan fingerprint density at radius 1 is 1.56 bits per heavy atom. The second kappa shape index (κ2) is 4.29. The molecule has 0 saturated heterocycles. The van der Waals surface area contributed by atoms with Gasteiger partial charge in [0.05, 0.1) is 11.6 Å². The third-order valence-corrected chi connectivity index (χ3v) is 2.64. The predicted octanol–water partition coefficient (Wildman–Crippen LogP) is 2.50. The first kappa shape index (κ1) is 10.6. The Morgan fingerprint density at radius 2 is 2.38 bits per heavy atom. The summed E-state index contributed by atoms with van der Waals surface area (Å²) in [5, 5.41) is 15.8. The van der Waals surface area contributed by atoms with Crippen LogP contribution in [0.15, 0.2) is 24.3 Å². The Kier molecular flexibility index (Phi) is 2.84. The zero-order valence-electron chi connectivity index (χ0n) is 8.77. The molecule has 2 rings (SSSR count). The molecule has 0 radical (unpaired) electrons. The number of hydrogen-bond donors (Lipinski definition) is 1. The van der Waals surface area contributed by atoms with Gasteiger partial charge in [0, 0.05) is 12.1 Å². The van der Waals surface area contributed by atoms with E-state index in [0.717, 1.165) is 17.9 Å². The molecular formula is C11H10N4S. The van der Waals surface area contributed by atoms with Gasteiger partial charge in [-0.3, -0.25) is 5.10 Å². The highest BCUT2D eigenvalue weighted by Gasteiger charge is 2.07. The molecule has 1 aromatic carbocycles. The first-order valence-electron chi connectivity index (χ1n) is 4.92. The SMILES string of the molecule is CCn1c(-c2cccc(C#N)c2)n[nH]c1=S. The monoisotopic (exact) mass is 230 g/mol. The number of nitriles is 1. The first-order valence-corrected chi connectivity index (χ1v) is 5.33. The molecule has 0 aliphatic heterocycles. The number of nitrogens with one attached hydrogen (secondary N) is 1. The highest BCUT2D eigenvalue weighted by atomic mass is 32.1. The van der Waals surface area contributed by atoms with E-state index >= 15 is 0 Å². The van der Waals surface area contributed by atoms with Crippen LogP contribution in [-0.2, 0) is 6.54 Å². The molecular weight excluding hydrogens is 220 g/mol. The van der Waals surface area contributed by atoms with Crippen LogP contribution in [0.5, 0.6) is 0 Å². The van der Waals surface area contributed by atoms with E-state index in [1.807, 2.05) is 23.6 Å². The molecule has 0 unspecified atom stereocenters. The van der Waals surface area contributed by atoms with Crippen molar-refractivity contribution in [3.05, 3.63) is 34.6 Å². The molecule has 16 heavy (non-hydrogen) atoms. The van der Waals surface area contributed by atoms with Gasteiger partial charge in [-0.25, -0.2) is 0 Å². The lowest BCUT2D eigenvalue weighted by atomic mass is 10.1. The number of nitrogens with zero attached hydrogens (tertiary/aromatic N) is 3. The van der Waals surface area contributed by atoms with E-state index in [2.05, 4.69) is 16.3 Å². The molecule has 0 spiro atoms. The number of H-pyrrole nitrogens is 1. The molecule has 4 nitrogen and oxygen atoms in total. The lowest BCUT2D eigenvalue weighted by Crippen LogP contribution is -1.97. The highest BCUT2D eigenvalue weighted by molar-refractivity contribution is 7.71. The maximum atomic E-state index is 8.84. The molecule has 0 atom stereocenters. The van der Waals surface area contributed by atoms with Crippen LogP contribution in [0.25, 0.3) is 11.4 Å². The molecule has 0 bridgehead atoms. The fourth-order valence-electron chi connectivity index (χ4n) is 1.56. The van der Waals surface area contributed by atoms with Gasteiger partial charge in [-0.15, -0.1) is 0 Å². The van der Waals surface area contributed by atoms with Crippen molar-refractivity contribution >= 4 is 12.2 Å². The average molecular weight is 230 g/mol. The first-order chi connectivity index (χ1) is 7.76. The molecule has 5 heteroatoms. The van der Waals surface area contributed by atoms with E-state index in [9.17, 15) is 0 Å². The number of rotatable bonds is 2. The summed E-state index contributed by atoms with van der Waals surface area (Å²) in [6, 6.07) is 9.43. The van der Waals surface area contributed by atoms with Crippen molar-refractivity contribution in [2.24, 2.45) is 0 Å². The van der Waals surface area contributed by atoms with Gasteiger partial charge in [0.2, 0.25) is 0 Å². The van der Waals surface area contributed by atoms with Crippen LogP contribution in [0.3, 0.4) is 0 Å². The standard InChI is InChI=1S/C11H10N4S/c1-2-15-10(13-14-11(15)16)9-5-3-4-8(6-9)7-12/h3-6H,2H2,1H3,(H,14,16). The third-order valence-electron chi connectivity index (χ3n) is 2.32. The van der Waals surface area contributed by atoms with E-state index < -0.39 is 0 Å². The van der Waals surface area contributed by atoms with Crippen molar-refractivity contribution in [2.45, 2.75) is 13.5 Å². The van der Waals surface area contributed by atoms with Gasteiger partial charge >= 0.3 is 0 Å². The van der Waals surface area contributed by atoms with Crippen LogP contribution in [-0.4, -0.2) is 14.8 Å². The normalized spacial score (nSPS) is 10.0. The van der Waals surface area contributed by atoms with Gasteiger partial charge in [0.25, 0.3) is 0 Å². The Morgan fingerprint density at radius 3 is 3.06 bits per heavy atom. The van der Waals surface area contributed by atoms with Crippen LogP contribution >= 0.6 is 12.2 Å². The van der Waals surface area contributed by atoms with Gasteiger partial charge in [-0.05, 0) is 31.3 Å². The molecule has 0 aliphatic carbocycles. The average Bonchev–Trinajstić information content (AvgIpc) is 2.70. The lowest BCUT2D eigenvalue weighted by molar-refractivity contribution is 0.755. The van der Waals surface area contributed by atoms with E-state index in [-0.39, 0.29) is 0 Å². The summed E-state index contributed by atoms with van der Waals surface area (Å²) in [5.41, 5.74) is 1.52. The van der Waals surface area contributed by atoms with Crippen molar-refractivity contribution in [2.75, 3.05) is 0 Å². The second-order valence-electron chi connectivity index (χ2n) is 3.29. The molecule has 80 valence electrons. The van der Waals surface area contributed by atoms with Crippen molar-refractivity contribution < 1.29 is 0 Å². The van der Waals surface area contributed by atoms with E-state index in [1.54, 1.807) is 12.1 Å². The second-order valence-corrected chi connectivity index (χ2v) is 3.68. The largest absolute Gasteiger partial charge is 0.300 e. The lowest BCUT2D eigenvalue weighted by Gasteiger charge is -2.03. The van der Waals surface area contributed by atoms with E-state index in [4.69, 9.17) is 17.5 Å². The van der Waals surface area contributed by atoms with Crippen molar-refractivity contribution in [3.63, 3.8) is 0 Å². The molecule has 0 amide bonds. The zero-order chi connectivity index (χ0) is 11.5. The van der Waals surface area contributed by atoms with Crippen molar-refractivity contribution in [3.8, 4) is 17.5 Å². The molecule has 0 aliphatic rings. The number of aromatic amines is 1. The smallest absolute Gasteiger partial charge is 0.195 e. The fourth-order valence-corrected chi connectivity index (χ4v) is 1.82. The van der Waals surface area contributed by atoms with Gasteiger partial charge in [-0.1, -0.05) is 12.1 Å². The van der Waals surface area contributed by atoms with Gasteiger partial charge in [0.15, 0.2) is 10.6 Å². The van der Waals surface area contributed by atoms with Crippen molar-refractivity contribution in [1.29, 1.82) is 5.26 Å². The summed E-state index contributed by atoms with van der Waals surface area (Å²) in [5.74, 6) is 0.768. The molecule has 1 heterocycles. The molecule has 0 saturated carbocycles. The molecule has 0 fully saturated rings. The Balaban J connectivity index is 2.59. The highest BCUT2D eigenvalue weighted by Crippen LogP contribution is 2.18. The third kappa shape index (κ3) is 1.75. The predicted molar refractivity (Wildman–Crippen MR) is 63.2 cm³/mol. The maximum absolute atomic E-state index is 8.84. The maximum Gasteiger partial charge on any atom is 0.195 e. The minimum absolute atomic E-state index is 0.597.